The van der Waals surface area contributed by atoms with Crippen LogP contribution in [0.4, 0.5) is 5.69 Å². The number of benzene rings is 3. The van der Waals surface area contributed by atoms with Crippen molar-refractivity contribution in [1.82, 2.24) is 4.72 Å². The molecule has 0 unspecified atom stereocenters. The largest absolute Gasteiger partial charge is 0.492 e. The Labute approximate surface area is 150 Å². The van der Waals surface area contributed by atoms with Crippen LogP contribution in [0.15, 0.2) is 71.6 Å². The molecule has 3 aromatic rings. The van der Waals surface area contributed by atoms with Crippen molar-refractivity contribution in [2.24, 2.45) is 0 Å². The first-order valence-corrected chi connectivity index (χ1v) is 9.31. The third-order valence-corrected chi connectivity index (χ3v) is 5.26. The molecule has 1 N–H and O–H groups in total. The summed E-state index contributed by atoms with van der Waals surface area (Å²) >= 11 is 0. The topological polar surface area (TPSA) is 98.5 Å². The molecule has 0 aromatic heterocycles. The van der Waals surface area contributed by atoms with Gasteiger partial charge < -0.3 is 4.74 Å². The summed E-state index contributed by atoms with van der Waals surface area (Å²) in [5.41, 5.74) is -0.463. The smallest absolute Gasteiger partial charge is 0.289 e. The average molecular weight is 372 g/mol. The van der Waals surface area contributed by atoms with Gasteiger partial charge in [0.1, 0.15) is 12.4 Å². The van der Waals surface area contributed by atoms with E-state index in [9.17, 15) is 18.5 Å². The van der Waals surface area contributed by atoms with E-state index in [1.807, 2.05) is 36.4 Å². The standard InChI is InChI=1S/C18H16N2O5S/c21-20(22)16-9-3-4-11-18(16)26(23,24)19-12-13-25-17-10-5-7-14-6-1-2-8-15(14)17/h1-11,19H,12-13H2. The van der Waals surface area contributed by atoms with Gasteiger partial charge >= 0.3 is 0 Å². The van der Waals surface area contributed by atoms with Gasteiger partial charge in [-0.2, -0.15) is 0 Å². The Bertz CT molecular complexity index is 1040. The van der Waals surface area contributed by atoms with Gasteiger partial charge in [0, 0.05) is 18.0 Å². The molecular weight excluding hydrogens is 356 g/mol. The number of nitro groups is 1. The number of rotatable bonds is 7. The van der Waals surface area contributed by atoms with E-state index in [4.69, 9.17) is 4.74 Å². The molecule has 0 atom stereocenters. The zero-order chi connectivity index (χ0) is 18.6. The Morgan fingerprint density at radius 1 is 0.962 bits per heavy atom. The summed E-state index contributed by atoms with van der Waals surface area (Å²) in [6.45, 7) is 0.0749. The lowest BCUT2D eigenvalue weighted by Gasteiger charge is -2.10. The van der Waals surface area contributed by atoms with Gasteiger partial charge in [-0.15, -0.1) is 0 Å². The van der Waals surface area contributed by atoms with Gasteiger partial charge in [-0.1, -0.05) is 48.5 Å². The number of nitro benzene ring substituents is 1. The highest BCUT2D eigenvalue weighted by Crippen LogP contribution is 2.25. The van der Waals surface area contributed by atoms with Crippen molar-refractivity contribution < 1.29 is 18.1 Å². The van der Waals surface area contributed by atoms with Crippen molar-refractivity contribution in [1.29, 1.82) is 0 Å². The van der Waals surface area contributed by atoms with Crippen molar-refractivity contribution in [3.63, 3.8) is 0 Å². The summed E-state index contributed by atoms with van der Waals surface area (Å²) in [7, 11) is -4.00. The molecule has 0 amide bonds. The Balaban J connectivity index is 1.67. The quantitative estimate of drug-likeness (QED) is 0.390. The molecule has 0 saturated carbocycles. The maximum Gasteiger partial charge on any atom is 0.289 e. The second-order valence-electron chi connectivity index (χ2n) is 5.45. The van der Waals surface area contributed by atoms with E-state index in [1.165, 1.54) is 18.2 Å². The molecule has 0 heterocycles. The van der Waals surface area contributed by atoms with E-state index in [-0.39, 0.29) is 18.0 Å². The Kier molecular flexibility index (Phi) is 5.15. The Morgan fingerprint density at radius 3 is 2.46 bits per heavy atom. The molecule has 134 valence electrons. The van der Waals surface area contributed by atoms with Gasteiger partial charge in [0.2, 0.25) is 10.0 Å². The third kappa shape index (κ3) is 3.81. The second kappa shape index (κ2) is 7.51. The minimum atomic E-state index is -4.00. The van der Waals surface area contributed by atoms with Crippen LogP contribution in [0.25, 0.3) is 10.8 Å². The van der Waals surface area contributed by atoms with Crippen LogP contribution in [-0.4, -0.2) is 26.5 Å². The monoisotopic (exact) mass is 372 g/mol. The number of ether oxygens (including phenoxy) is 1. The van der Waals surface area contributed by atoms with Crippen molar-refractivity contribution >= 4 is 26.5 Å². The molecule has 0 fully saturated rings. The first-order chi connectivity index (χ1) is 12.5. The molecule has 3 aromatic carbocycles. The molecule has 0 spiro atoms. The number of hydrogen-bond donors (Lipinski definition) is 1. The fourth-order valence-electron chi connectivity index (χ4n) is 2.57. The fraction of sp³-hybridized carbons (Fsp3) is 0.111. The van der Waals surface area contributed by atoms with Crippen molar-refractivity contribution in [3.8, 4) is 5.75 Å². The summed E-state index contributed by atoms with van der Waals surface area (Å²) in [6.07, 6.45) is 0. The van der Waals surface area contributed by atoms with Crippen LogP contribution in [0.3, 0.4) is 0 Å². The van der Waals surface area contributed by atoms with E-state index in [2.05, 4.69) is 4.72 Å². The fourth-order valence-corrected chi connectivity index (χ4v) is 3.75. The molecule has 8 heteroatoms. The van der Waals surface area contributed by atoms with E-state index < -0.39 is 20.6 Å². The lowest BCUT2D eigenvalue weighted by Crippen LogP contribution is -2.28. The SMILES string of the molecule is O=[N+]([O-])c1ccccc1S(=O)(=O)NCCOc1cccc2ccccc12. The summed E-state index contributed by atoms with van der Waals surface area (Å²) in [6, 6.07) is 18.5. The molecule has 3 rings (SSSR count). The van der Waals surface area contributed by atoms with E-state index in [0.29, 0.717) is 5.75 Å². The molecule has 7 nitrogen and oxygen atoms in total. The molecular formula is C18H16N2O5S. The van der Waals surface area contributed by atoms with E-state index >= 15 is 0 Å². The van der Waals surface area contributed by atoms with Crippen LogP contribution in [0.5, 0.6) is 5.75 Å². The number of hydrogen-bond acceptors (Lipinski definition) is 5. The molecule has 0 aliphatic carbocycles. The zero-order valence-corrected chi connectivity index (χ0v) is 14.5. The third-order valence-electron chi connectivity index (χ3n) is 3.75. The van der Waals surface area contributed by atoms with Gasteiger partial charge in [-0.05, 0) is 17.5 Å². The maximum atomic E-state index is 12.3. The predicted octanol–water partition coefficient (Wildman–Crippen LogP) is 3.11. The zero-order valence-electron chi connectivity index (χ0n) is 13.7. The number of nitrogens with one attached hydrogen (secondary N) is 1. The lowest BCUT2D eigenvalue weighted by molar-refractivity contribution is -0.387. The van der Waals surface area contributed by atoms with Gasteiger partial charge in [0.15, 0.2) is 4.90 Å². The van der Waals surface area contributed by atoms with Crippen LogP contribution in [0.2, 0.25) is 0 Å². The average Bonchev–Trinajstić information content (AvgIpc) is 2.65. The molecule has 0 aliphatic heterocycles. The van der Waals surface area contributed by atoms with Crippen LogP contribution >= 0.6 is 0 Å². The minimum absolute atomic E-state index is 0.0163. The summed E-state index contributed by atoms with van der Waals surface area (Å²) in [5, 5.41) is 12.9. The van der Waals surface area contributed by atoms with Crippen LogP contribution in [-0.2, 0) is 10.0 Å². The molecule has 26 heavy (non-hydrogen) atoms. The van der Waals surface area contributed by atoms with Gasteiger partial charge in [0.25, 0.3) is 5.69 Å². The second-order valence-corrected chi connectivity index (χ2v) is 7.18. The summed E-state index contributed by atoms with van der Waals surface area (Å²) in [5.74, 6) is 0.646. The first-order valence-electron chi connectivity index (χ1n) is 7.83. The van der Waals surface area contributed by atoms with Crippen LogP contribution < -0.4 is 9.46 Å². The van der Waals surface area contributed by atoms with E-state index in [0.717, 1.165) is 16.8 Å². The Hall–Kier alpha value is -2.97. The normalized spacial score (nSPS) is 11.4. The molecule has 0 bridgehead atoms. The first kappa shape index (κ1) is 17.8. The van der Waals surface area contributed by atoms with Crippen molar-refractivity contribution in [3.05, 3.63) is 76.8 Å². The van der Waals surface area contributed by atoms with Crippen molar-refractivity contribution in [2.75, 3.05) is 13.2 Å². The number of para-hydroxylation sites is 1. The van der Waals surface area contributed by atoms with E-state index in [1.54, 1.807) is 6.07 Å². The number of fused-ring (bicyclic) bond motifs is 1. The highest BCUT2D eigenvalue weighted by atomic mass is 32.2. The molecule has 0 radical (unpaired) electrons. The minimum Gasteiger partial charge on any atom is -0.492 e. The summed E-state index contributed by atoms with van der Waals surface area (Å²) in [4.78, 5) is 9.91. The molecule has 0 aliphatic rings. The number of sulfonamides is 1. The maximum absolute atomic E-state index is 12.3. The predicted molar refractivity (Wildman–Crippen MR) is 97.7 cm³/mol. The van der Waals surface area contributed by atoms with Crippen LogP contribution in [0, 0.1) is 10.1 Å². The number of nitrogens with zero attached hydrogens (tertiary/aromatic N) is 1. The van der Waals surface area contributed by atoms with Gasteiger partial charge in [-0.3, -0.25) is 10.1 Å². The highest BCUT2D eigenvalue weighted by Gasteiger charge is 2.24. The van der Waals surface area contributed by atoms with Crippen LogP contribution in [0.1, 0.15) is 0 Å². The van der Waals surface area contributed by atoms with Gasteiger partial charge in [0.05, 0.1) is 4.92 Å². The Morgan fingerprint density at radius 2 is 1.65 bits per heavy atom. The lowest BCUT2D eigenvalue weighted by atomic mass is 10.1. The molecule has 0 saturated heterocycles. The van der Waals surface area contributed by atoms with Gasteiger partial charge in [-0.25, -0.2) is 13.1 Å². The highest BCUT2D eigenvalue weighted by molar-refractivity contribution is 7.89. The summed E-state index contributed by atoms with van der Waals surface area (Å²) < 4.78 is 32.6. The van der Waals surface area contributed by atoms with Crippen molar-refractivity contribution in [2.45, 2.75) is 4.90 Å².